The minimum absolute atomic E-state index is 0.294. The number of carbonyl (C=O) groups is 1. The van der Waals surface area contributed by atoms with Crippen LogP contribution in [0.25, 0.3) is 0 Å². The van der Waals surface area contributed by atoms with Crippen molar-refractivity contribution >= 4 is 16.8 Å². The lowest BCUT2D eigenvalue weighted by Gasteiger charge is -2.20. The fourth-order valence-electron chi connectivity index (χ4n) is 1.04. The highest BCUT2D eigenvalue weighted by atomic mass is 32.2. The summed E-state index contributed by atoms with van der Waals surface area (Å²) in [6.07, 6.45) is 0.879. The molecule has 0 heterocycles. The van der Waals surface area contributed by atoms with Crippen molar-refractivity contribution in [3.05, 3.63) is 0 Å². The molecular weight excluding hydrogens is 188 g/mol. The fourth-order valence-corrected chi connectivity index (χ4v) is 2.56. The van der Waals surface area contributed by atoms with E-state index < -0.39 is 16.2 Å². The first-order valence-corrected chi connectivity index (χ1v) is 5.86. The Labute approximate surface area is 82.3 Å². The molecule has 0 rings (SSSR count). The van der Waals surface area contributed by atoms with Crippen LogP contribution in [0.1, 0.15) is 27.2 Å². The number of carbonyl (C=O) groups excluding carboxylic acids is 1. The average molecular weight is 206 g/mol. The van der Waals surface area contributed by atoms with Crippen LogP contribution in [0.4, 0.5) is 0 Å². The molecule has 0 radical (unpaired) electrons. The Morgan fingerprint density at radius 2 is 2.00 bits per heavy atom. The number of esters is 1. The number of hydrogen-bond donors (Lipinski definition) is 0. The maximum absolute atomic E-state index is 11.4. The third-order valence-corrected chi connectivity index (χ3v) is 3.60. The zero-order chi connectivity index (χ0) is 10.5. The van der Waals surface area contributed by atoms with Crippen molar-refractivity contribution in [2.75, 3.05) is 18.6 Å². The van der Waals surface area contributed by atoms with Gasteiger partial charge in [0, 0.05) is 22.3 Å². The summed E-state index contributed by atoms with van der Waals surface area (Å²) in [4.78, 5) is 11.2. The van der Waals surface area contributed by atoms with Gasteiger partial charge in [-0.25, -0.2) is 0 Å². The molecule has 0 saturated carbocycles. The Bertz CT molecular complexity index is 199. The van der Waals surface area contributed by atoms with Gasteiger partial charge in [-0.15, -0.1) is 0 Å². The van der Waals surface area contributed by atoms with Gasteiger partial charge < -0.3 is 4.74 Å². The van der Waals surface area contributed by atoms with E-state index >= 15 is 0 Å². The highest BCUT2D eigenvalue weighted by Crippen LogP contribution is 2.18. The van der Waals surface area contributed by atoms with Gasteiger partial charge in [-0.1, -0.05) is 6.92 Å². The SMILES string of the molecule is CCCS(=O)CC(C)(C)C(=O)OC. The first kappa shape index (κ1) is 12.6. The zero-order valence-corrected chi connectivity index (χ0v) is 9.57. The topological polar surface area (TPSA) is 43.4 Å². The highest BCUT2D eigenvalue weighted by molar-refractivity contribution is 7.85. The average Bonchev–Trinajstić information content (AvgIpc) is 2.02. The summed E-state index contributed by atoms with van der Waals surface area (Å²) in [6.45, 7) is 5.49. The number of hydrogen-bond acceptors (Lipinski definition) is 3. The lowest BCUT2D eigenvalue weighted by molar-refractivity contribution is -0.149. The lowest BCUT2D eigenvalue weighted by atomic mass is 9.97. The molecule has 13 heavy (non-hydrogen) atoms. The first-order valence-electron chi connectivity index (χ1n) is 4.37. The zero-order valence-electron chi connectivity index (χ0n) is 8.75. The molecule has 1 unspecified atom stereocenters. The molecule has 0 aromatic heterocycles. The third-order valence-electron chi connectivity index (χ3n) is 1.69. The maximum Gasteiger partial charge on any atom is 0.312 e. The minimum atomic E-state index is -0.913. The van der Waals surface area contributed by atoms with Gasteiger partial charge in [0.2, 0.25) is 0 Å². The quantitative estimate of drug-likeness (QED) is 0.638. The van der Waals surface area contributed by atoms with Gasteiger partial charge in [-0.3, -0.25) is 9.00 Å². The second-order valence-electron chi connectivity index (χ2n) is 3.66. The number of rotatable bonds is 5. The number of ether oxygens (including phenoxy) is 1. The molecule has 0 bridgehead atoms. The van der Waals surface area contributed by atoms with Crippen LogP contribution in [0, 0.1) is 5.41 Å². The van der Waals surface area contributed by atoms with Gasteiger partial charge in [-0.2, -0.15) is 0 Å². The Kier molecular flexibility index (Phi) is 5.21. The van der Waals surface area contributed by atoms with Crippen LogP contribution < -0.4 is 0 Å². The van der Waals surface area contributed by atoms with Crippen molar-refractivity contribution in [2.45, 2.75) is 27.2 Å². The lowest BCUT2D eigenvalue weighted by Crippen LogP contribution is -2.32. The van der Waals surface area contributed by atoms with E-state index in [9.17, 15) is 9.00 Å². The van der Waals surface area contributed by atoms with Crippen LogP contribution in [0.3, 0.4) is 0 Å². The van der Waals surface area contributed by atoms with Gasteiger partial charge in [0.05, 0.1) is 12.5 Å². The summed E-state index contributed by atoms with van der Waals surface area (Å²) in [7, 11) is 0.441. The first-order chi connectivity index (χ1) is 5.94. The van der Waals surface area contributed by atoms with Crippen molar-refractivity contribution in [3.8, 4) is 0 Å². The van der Waals surface area contributed by atoms with E-state index in [1.54, 1.807) is 13.8 Å². The Morgan fingerprint density at radius 1 is 1.46 bits per heavy atom. The second-order valence-corrected chi connectivity index (χ2v) is 5.24. The van der Waals surface area contributed by atoms with E-state index in [0.717, 1.165) is 6.42 Å². The summed E-state index contributed by atoms with van der Waals surface area (Å²) in [5.41, 5.74) is -0.630. The van der Waals surface area contributed by atoms with E-state index in [1.807, 2.05) is 6.92 Å². The summed E-state index contributed by atoms with van der Waals surface area (Å²) >= 11 is 0. The van der Waals surface area contributed by atoms with Gasteiger partial charge in [-0.05, 0) is 20.3 Å². The molecule has 4 heteroatoms. The van der Waals surface area contributed by atoms with Gasteiger partial charge in [0.1, 0.15) is 0 Å². The van der Waals surface area contributed by atoms with Crippen LogP contribution in [-0.4, -0.2) is 28.8 Å². The molecule has 0 saturated heterocycles. The Balaban J connectivity index is 4.16. The molecule has 0 aliphatic heterocycles. The van der Waals surface area contributed by atoms with E-state index in [0.29, 0.717) is 11.5 Å². The molecular formula is C9H18O3S. The predicted molar refractivity (Wildman–Crippen MR) is 54.0 cm³/mol. The smallest absolute Gasteiger partial charge is 0.312 e. The molecule has 3 nitrogen and oxygen atoms in total. The number of methoxy groups -OCH3 is 1. The molecule has 0 amide bonds. The summed E-state index contributed by atoms with van der Waals surface area (Å²) in [5, 5.41) is 0. The van der Waals surface area contributed by atoms with Crippen molar-refractivity contribution < 1.29 is 13.7 Å². The Hall–Kier alpha value is -0.380. The van der Waals surface area contributed by atoms with E-state index in [2.05, 4.69) is 4.74 Å². The van der Waals surface area contributed by atoms with Crippen molar-refractivity contribution in [2.24, 2.45) is 5.41 Å². The van der Waals surface area contributed by atoms with Crippen LogP contribution in [-0.2, 0) is 20.3 Å². The molecule has 0 aromatic carbocycles. The third kappa shape index (κ3) is 4.41. The largest absolute Gasteiger partial charge is 0.469 e. The molecule has 0 aromatic rings. The minimum Gasteiger partial charge on any atom is -0.469 e. The molecule has 78 valence electrons. The molecule has 0 fully saturated rings. The van der Waals surface area contributed by atoms with Crippen LogP contribution in [0.2, 0.25) is 0 Å². The second kappa shape index (κ2) is 5.37. The fraction of sp³-hybridized carbons (Fsp3) is 0.889. The van der Waals surface area contributed by atoms with Crippen molar-refractivity contribution in [1.82, 2.24) is 0 Å². The van der Waals surface area contributed by atoms with Gasteiger partial charge in [0.15, 0.2) is 0 Å². The van der Waals surface area contributed by atoms with Crippen LogP contribution in [0.15, 0.2) is 0 Å². The Morgan fingerprint density at radius 3 is 2.38 bits per heavy atom. The summed E-state index contributed by atoms with van der Waals surface area (Å²) in [6, 6.07) is 0. The van der Waals surface area contributed by atoms with Crippen molar-refractivity contribution in [1.29, 1.82) is 0 Å². The molecule has 0 N–H and O–H groups in total. The monoisotopic (exact) mass is 206 g/mol. The molecule has 1 atom stereocenters. The maximum atomic E-state index is 11.4. The van der Waals surface area contributed by atoms with Gasteiger partial charge in [0.25, 0.3) is 0 Å². The summed E-state index contributed by atoms with van der Waals surface area (Å²) < 4.78 is 16.0. The van der Waals surface area contributed by atoms with E-state index in [4.69, 9.17) is 0 Å². The normalized spacial score (nSPS) is 13.8. The van der Waals surface area contributed by atoms with Crippen molar-refractivity contribution in [3.63, 3.8) is 0 Å². The van der Waals surface area contributed by atoms with Gasteiger partial charge >= 0.3 is 5.97 Å². The highest BCUT2D eigenvalue weighted by Gasteiger charge is 2.30. The predicted octanol–water partition coefficient (Wildman–Crippen LogP) is 1.34. The van der Waals surface area contributed by atoms with E-state index in [1.165, 1.54) is 7.11 Å². The van der Waals surface area contributed by atoms with Crippen LogP contribution >= 0.6 is 0 Å². The van der Waals surface area contributed by atoms with Crippen LogP contribution in [0.5, 0.6) is 0 Å². The molecule has 0 spiro atoms. The molecule has 0 aliphatic carbocycles. The summed E-state index contributed by atoms with van der Waals surface area (Å²) in [5.74, 6) is 0.741. The molecule has 0 aliphatic rings. The van der Waals surface area contributed by atoms with E-state index in [-0.39, 0.29) is 5.97 Å². The standard InChI is InChI=1S/C9H18O3S/c1-5-6-13(11)7-9(2,3)8(10)12-4/h5-7H2,1-4H3.